The van der Waals surface area contributed by atoms with Gasteiger partial charge in [0.1, 0.15) is 28.1 Å². The molecule has 2 aromatic rings. The summed E-state index contributed by atoms with van der Waals surface area (Å²) in [6, 6.07) is 5.83. The van der Waals surface area contributed by atoms with Crippen molar-refractivity contribution >= 4 is 17.2 Å². The lowest BCUT2D eigenvalue weighted by Crippen LogP contribution is -2.48. The van der Waals surface area contributed by atoms with Crippen molar-refractivity contribution in [2.75, 3.05) is 13.1 Å². The molecule has 1 aromatic carbocycles. The number of aromatic nitrogens is 1. The highest BCUT2D eigenvalue weighted by atomic mass is 32.1. The van der Waals surface area contributed by atoms with Crippen molar-refractivity contribution < 1.29 is 18.7 Å². The Morgan fingerprint density at radius 2 is 1.96 bits per heavy atom. The number of ether oxygens (including phenoxy) is 2. The smallest absolute Gasteiger partial charge is 0.266 e. The van der Waals surface area contributed by atoms with Crippen molar-refractivity contribution in [3.05, 3.63) is 45.7 Å². The summed E-state index contributed by atoms with van der Waals surface area (Å²) in [5.74, 6) is 0.252. The first-order valence-electron chi connectivity index (χ1n) is 8.21. The van der Waals surface area contributed by atoms with Gasteiger partial charge in [-0.05, 0) is 45.0 Å². The van der Waals surface area contributed by atoms with Crippen LogP contribution in [0.25, 0.3) is 0 Å². The Kier molecular flexibility index (Phi) is 5.34. The molecule has 2 heterocycles. The zero-order valence-corrected chi connectivity index (χ0v) is 15.3. The maximum atomic E-state index is 12.9. The van der Waals surface area contributed by atoms with Crippen molar-refractivity contribution in [1.29, 1.82) is 0 Å². The minimum atomic E-state index is -0.306. The fraction of sp³-hybridized carbons (Fsp3) is 0.444. The van der Waals surface area contributed by atoms with Gasteiger partial charge in [-0.3, -0.25) is 4.79 Å². The molecule has 1 fully saturated rings. The summed E-state index contributed by atoms with van der Waals surface area (Å²) in [6.45, 7) is 7.19. The highest BCUT2D eigenvalue weighted by molar-refractivity contribution is 7.13. The van der Waals surface area contributed by atoms with Crippen molar-refractivity contribution in [1.82, 2.24) is 9.88 Å². The Morgan fingerprint density at radius 1 is 1.32 bits per heavy atom. The molecule has 3 rings (SSSR count). The maximum Gasteiger partial charge on any atom is 0.266 e. The molecular formula is C18H21FN2O3S. The third-order valence-corrected chi connectivity index (χ3v) is 5.04. The first kappa shape index (κ1) is 17.8. The molecule has 5 nitrogen and oxygen atoms in total. The van der Waals surface area contributed by atoms with E-state index in [0.717, 1.165) is 5.01 Å². The summed E-state index contributed by atoms with van der Waals surface area (Å²) in [4.78, 5) is 19.7. The number of aryl methyl sites for hydroxylation is 1. The van der Waals surface area contributed by atoms with Crippen molar-refractivity contribution in [3.8, 4) is 5.75 Å². The molecule has 0 unspecified atom stereocenters. The standard InChI is InChI=1S/C18H21FN2O3S/c1-11-8-21(9-12(2)24-11)18(22)17-13(3)20-16(25-17)10-23-15-6-4-14(19)5-7-15/h4-7,11-12H,8-10H2,1-3H3/t11-,12+. The van der Waals surface area contributed by atoms with Crippen LogP contribution in [-0.2, 0) is 11.3 Å². The molecule has 1 aliphatic rings. The lowest BCUT2D eigenvalue weighted by Gasteiger charge is -2.35. The van der Waals surface area contributed by atoms with Crippen LogP contribution in [0.1, 0.15) is 34.2 Å². The largest absolute Gasteiger partial charge is 0.486 e. The normalized spacial score (nSPS) is 20.6. The number of nitrogens with zero attached hydrogens (tertiary/aromatic N) is 2. The first-order valence-corrected chi connectivity index (χ1v) is 9.03. The molecule has 1 amide bonds. The number of carbonyl (C=O) groups is 1. The number of benzene rings is 1. The predicted octanol–water partition coefficient (Wildman–Crippen LogP) is 3.42. The van der Waals surface area contributed by atoms with E-state index in [9.17, 15) is 9.18 Å². The molecule has 0 spiro atoms. The monoisotopic (exact) mass is 364 g/mol. The van der Waals surface area contributed by atoms with Crippen molar-refractivity contribution in [2.45, 2.75) is 39.6 Å². The minimum Gasteiger partial charge on any atom is -0.486 e. The number of amides is 1. The molecular weight excluding hydrogens is 343 g/mol. The Bertz CT molecular complexity index is 737. The maximum absolute atomic E-state index is 12.9. The van der Waals surface area contributed by atoms with E-state index in [2.05, 4.69) is 4.98 Å². The van der Waals surface area contributed by atoms with Gasteiger partial charge in [-0.25, -0.2) is 9.37 Å². The van der Waals surface area contributed by atoms with Crippen LogP contribution in [0.5, 0.6) is 5.75 Å². The summed E-state index contributed by atoms with van der Waals surface area (Å²) in [7, 11) is 0. The average Bonchev–Trinajstić information content (AvgIpc) is 2.93. The van der Waals surface area contributed by atoms with Crippen LogP contribution in [0.15, 0.2) is 24.3 Å². The number of rotatable bonds is 4. The van der Waals surface area contributed by atoms with E-state index in [0.29, 0.717) is 29.4 Å². The van der Waals surface area contributed by atoms with Gasteiger partial charge in [0, 0.05) is 13.1 Å². The fourth-order valence-corrected chi connectivity index (χ4v) is 3.82. The molecule has 0 saturated carbocycles. The number of carbonyl (C=O) groups excluding carboxylic acids is 1. The topological polar surface area (TPSA) is 51.7 Å². The quantitative estimate of drug-likeness (QED) is 0.834. The zero-order chi connectivity index (χ0) is 18.0. The van der Waals surface area contributed by atoms with Crippen molar-refractivity contribution in [2.24, 2.45) is 0 Å². The molecule has 0 N–H and O–H groups in total. The number of morpholine rings is 1. The molecule has 1 saturated heterocycles. The van der Waals surface area contributed by atoms with E-state index >= 15 is 0 Å². The molecule has 25 heavy (non-hydrogen) atoms. The highest BCUT2D eigenvalue weighted by Crippen LogP contribution is 2.23. The van der Waals surface area contributed by atoms with E-state index < -0.39 is 0 Å². The Morgan fingerprint density at radius 3 is 2.60 bits per heavy atom. The Balaban J connectivity index is 1.67. The molecule has 0 radical (unpaired) electrons. The third kappa shape index (κ3) is 4.35. The number of thiazole rings is 1. The van der Waals surface area contributed by atoms with Gasteiger partial charge in [-0.2, -0.15) is 0 Å². The van der Waals surface area contributed by atoms with E-state index in [1.54, 1.807) is 12.1 Å². The number of hydrogen-bond acceptors (Lipinski definition) is 5. The molecule has 0 bridgehead atoms. The van der Waals surface area contributed by atoms with Gasteiger partial charge >= 0.3 is 0 Å². The lowest BCUT2D eigenvalue weighted by atomic mass is 10.2. The Labute approximate surface area is 150 Å². The molecule has 1 aliphatic heterocycles. The summed E-state index contributed by atoms with van der Waals surface area (Å²) in [5.41, 5.74) is 0.708. The van der Waals surface area contributed by atoms with Crippen LogP contribution < -0.4 is 4.74 Å². The van der Waals surface area contributed by atoms with Gasteiger partial charge in [0.15, 0.2) is 0 Å². The summed E-state index contributed by atoms with van der Waals surface area (Å²) >= 11 is 1.34. The van der Waals surface area contributed by atoms with Gasteiger partial charge in [0.2, 0.25) is 0 Å². The number of halogens is 1. The van der Waals surface area contributed by atoms with Crippen LogP contribution in [-0.4, -0.2) is 41.1 Å². The van der Waals surface area contributed by atoms with Crippen LogP contribution >= 0.6 is 11.3 Å². The second-order valence-corrected chi connectivity index (χ2v) is 7.32. The molecule has 2 atom stereocenters. The average molecular weight is 364 g/mol. The van der Waals surface area contributed by atoms with Gasteiger partial charge in [-0.15, -0.1) is 11.3 Å². The van der Waals surface area contributed by atoms with Crippen molar-refractivity contribution in [3.63, 3.8) is 0 Å². The third-order valence-electron chi connectivity index (χ3n) is 3.92. The summed E-state index contributed by atoms with van der Waals surface area (Å²) in [5, 5.41) is 0.722. The molecule has 134 valence electrons. The van der Waals surface area contributed by atoms with Crippen LogP contribution in [0.3, 0.4) is 0 Å². The SMILES string of the molecule is Cc1nc(COc2ccc(F)cc2)sc1C(=O)N1C[C@@H](C)O[C@@H](C)C1. The van der Waals surface area contributed by atoms with Gasteiger partial charge in [0.25, 0.3) is 5.91 Å². The number of hydrogen-bond donors (Lipinski definition) is 0. The lowest BCUT2D eigenvalue weighted by molar-refractivity contribution is -0.0585. The van der Waals surface area contributed by atoms with Gasteiger partial charge < -0.3 is 14.4 Å². The van der Waals surface area contributed by atoms with E-state index in [4.69, 9.17) is 9.47 Å². The van der Waals surface area contributed by atoms with E-state index in [-0.39, 0.29) is 30.5 Å². The minimum absolute atomic E-state index is 0.00923. The van der Waals surface area contributed by atoms with Gasteiger partial charge in [-0.1, -0.05) is 0 Å². The van der Waals surface area contributed by atoms with Crippen LogP contribution in [0, 0.1) is 12.7 Å². The summed E-state index contributed by atoms with van der Waals surface area (Å²) < 4.78 is 24.2. The predicted molar refractivity (Wildman–Crippen MR) is 93.5 cm³/mol. The second-order valence-electron chi connectivity index (χ2n) is 6.23. The van der Waals surface area contributed by atoms with Crippen LogP contribution in [0.4, 0.5) is 4.39 Å². The zero-order valence-electron chi connectivity index (χ0n) is 14.5. The fourth-order valence-electron chi connectivity index (χ4n) is 2.88. The first-order chi connectivity index (χ1) is 11.9. The Hall–Kier alpha value is -1.99. The summed E-state index contributed by atoms with van der Waals surface area (Å²) in [6.07, 6.45) is 0.0596. The van der Waals surface area contributed by atoms with Crippen LogP contribution in [0.2, 0.25) is 0 Å². The van der Waals surface area contributed by atoms with E-state index in [1.165, 1.54) is 23.5 Å². The molecule has 1 aromatic heterocycles. The van der Waals surface area contributed by atoms with Gasteiger partial charge in [0.05, 0.1) is 17.9 Å². The second kappa shape index (κ2) is 7.49. The molecule has 0 aliphatic carbocycles. The molecule has 7 heteroatoms. The van der Waals surface area contributed by atoms with E-state index in [1.807, 2.05) is 25.7 Å². The highest BCUT2D eigenvalue weighted by Gasteiger charge is 2.28.